The topological polar surface area (TPSA) is 46.6 Å². The number of rotatable bonds is 10. The van der Waals surface area contributed by atoms with Crippen molar-refractivity contribution in [1.82, 2.24) is 4.90 Å². The van der Waals surface area contributed by atoms with Gasteiger partial charge in [-0.1, -0.05) is 61.9 Å². The van der Waals surface area contributed by atoms with Gasteiger partial charge in [0.1, 0.15) is 11.4 Å². The first-order valence-electron chi connectivity index (χ1n) is 13.8. The number of ketones is 1. The number of ether oxygens (including phenoxy) is 1. The third kappa shape index (κ3) is 7.94. The van der Waals surface area contributed by atoms with Gasteiger partial charge in [-0.2, -0.15) is 0 Å². The van der Waals surface area contributed by atoms with Crippen molar-refractivity contribution in [2.75, 3.05) is 13.1 Å². The Labute approximate surface area is 218 Å². The molecule has 0 spiro atoms. The monoisotopic (exact) mass is 491 g/mol. The Kier molecular flexibility index (Phi) is 9.76. The van der Waals surface area contributed by atoms with Gasteiger partial charge in [0, 0.05) is 24.9 Å². The molecule has 0 bridgehead atoms. The smallest absolute Gasteiger partial charge is 0.410 e. The summed E-state index contributed by atoms with van der Waals surface area (Å²) in [5.41, 5.74) is 4.31. The highest BCUT2D eigenvalue weighted by Gasteiger charge is 2.42. The van der Waals surface area contributed by atoms with E-state index in [-0.39, 0.29) is 6.09 Å². The molecule has 0 N–H and O–H groups in total. The summed E-state index contributed by atoms with van der Waals surface area (Å²) in [5.74, 6) is 0.363. The molecular formula is C32H45NO3. The lowest BCUT2D eigenvalue weighted by Gasteiger charge is -2.41. The molecule has 1 fully saturated rings. The summed E-state index contributed by atoms with van der Waals surface area (Å²) in [4.78, 5) is 28.1. The van der Waals surface area contributed by atoms with Crippen molar-refractivity contribution in [3.8, 4) is 0 Å². The van der Waals surface area contributed by atoms with E-state index < -0.39 is 11.0 Å². The molecule has 1 aliphatic rings. The summed E-state index contributed by atoms with van der Waals surface area (Å²) in [6.07, 6.45) is 7.73. The van der Waals surface area contributed by atoms with Gasteiger partial charge in [0.25, 0.3) is 0 Å². The lowest BCUT2D eigenvalue weighted by molar-refractivity contribution is -0.131. The molecular weight excluding hydrogens is 446 g/mol. The summed E-state index contributed by atoms with van der Waals surface area (Å²) in [6.45, 7) is 11.1. The lowest BCUT2D eigenvalue weighted by Crippen LogP contribution is -2.48. The van der Waals surface area contributed by atoms with E-state index in [4.69, 9.17) is 4.74 Å². The third-order valence-corrected chi connectivity index (χ3v) is 7.55. The van der Waals surface area contributed by atoms with E-state index in [1.807, 2.05) is 26.8 Å². The van der Waals surface area contributed by atoms with Crippen LogP contribution in [0.1, 0.15) is 88.5 Å². The summed E-state index contributed by atoms with van der Waals surface area (Å²) in [7, 11) is 0. The molecule has 0 radical (unpaired) electrons. The zero-order valence-corrected chi connectivity index (χ0v) is 23.1. The van der Waals surface area contributed by atoms with Crippen LogP contribution in [0, 0.1) is 12.3 Å². The van der Waals surface area contributed by atoms with E-state index >= 15 is 0 Å². The number of nitrogens with zero attached hydrogens (tertiary/aromatic N) is 1. The minimum absolute atomic E-state index is 0.272. The summed E-state index contributed by atoms with van der Waals surface area (Å²) >= 11 is 0. The van der Waals surface area contributed by atoms with Gasteiger partial charge in [0.05, 0.1) is 0 Å². The van der Waals surface area contributed by atoms with E-state index in [0.717, 1.165) is 38.5 Å². The minimum atomic E-state index is -0.513. The van der Waals surface area contributed by atoms with Crippen molar-refractivity contribution < 1.29 is 14.3 Å². The number of hydrogen-bond donors (Lipinski definition) is 0. The van der Waals surface area contributed by atoms with Crippen molar-refractivity contribution in [3.05, 3.63) is 70.8 Å². The first-order chi connectivity index (χ1) is 17.1. The maximum absolute atomic E-state index is 13.7. The fraction of sp³-hybridized carbons (Fsp3) is 0.562. The van der Waals surface area contributed by atoms with Crippen LogP contribution in [-0.4, -0.2) is 35.5 Å². The highest BCUT2D eigenvalue weighted by atomic mass is 16.6. The van der Waals surface area contributed by atoms with Crippen LogP contribution in [0.15, 0.2) is 48.5 Å². The van der Waals surface area contributed by atoms with Crippen LogP contribution in [0.4, 0.5) is 4.79 Å². The first kappa shape index (κ1) is 28.0. The predicted octanol–water partition coefficient (Wildman–Crippen LogP) is 7.49. The predicted molar refractivity (Wildman–Crippen MR) is 147 cm³/mol. The van der Waals surface area contributed by atoms with Crippen molar-refractivity contribution >= 4 is 11.9 Å². The average Bonchev–Trinajstić information content (AvgIpc) is 2.85. The van der Waals surface area contributed by atoms with E-state index in [1.165, 1.54) is 22.3 Å². The van der Waals surface area contributed by atoms with Gasteiger partial charge in [-0.3, -0.25) is 4.79 Å². The number of amides is 1. The number of aryl methyl sites for hydroxylation is 3. The third-order valence-electron chi connectivity index (χ3n) is 7.55. The Bertz CT molecular complexity index is 995. The van der Waals surface area contributed by atoms with Gasteiger partial charge >= 0.3 is 6.09 Å². The number of piperidine rings is 1. The van der Waals surface area contributed by atoms with Crippen LogP contribution in [0.5, 0.6) is 0 Å². The molecule has 4 nitrogen and oxygen atoms in total. The molecule has 0 unspecified atom stereocenters. The largest absolute Gasteiger partial charge is 0.444 e. The Morgan fingerprint density at radius 3 is 2.17 bits per heavy atom. The van der Waals surface area contributed by atoms with Crippen molar-refractivity contribution in [2.45, 2.75) is 98.0 Å². The Morgan fingerprint density at radius 2 is 1.56 bits per heavy atom. The minimum Gasteiger partial charge on any atom is -0.444 e. The van der Waals surface area contributed by atoms with Gasteiger partial charge in [0.15, 0.2) is 0 Å². The van der Waals surface area contributed by atoms with E-state index in [9.17, 15) is 9.59 Å². The number of Topliss-reactive ketones (excluding diaryl/α,β-unsaturated/α-hetero) is 1. The molecule has 0 aliphatic carbocycles. The molecule has 0 atom stereocenters. The van der Waals surface area contributed by atoms with Crippen LogP contribution in [0.3, 0.4) is 0 Å². The Balaban J connectivity index is 1.58. The molecule has 0 saturated carbocycles. The second kappa shape index (κ2) is 12.6. The molecule has 1 aliphatic heterocycles. The molecule has 1 heterocycles. The molecule has 196 valence electrons. The van der Waals surface area contributed by atoms with Gasteiger partial charge in [-0.25, -0.2) is 4.79 Å². The molecule has 2 aromatic rings. The van der Waals surface area contributed by atoms with Gasteiger partial charge < -0.3 is 9.64 Å². The van der Waals surface area contributed by atoms with Crippen LogP contribution < -0.4 is 0 Å². The first-order valence-corrected chi connectivity index (χ1v) is 13.8. The van der Waals surface area contributed by atoms with Crippen molar-refractivity contribution in [1.29, 1.82) is 0 Å². The number of benzene rings is 2. The molecule has 2 aromatic carbocycles. The molecule has 1 saturated heterocycles. The average molecular weight is 492 g/mol. The van der Waals surface area contributed by atoms with Crippen molar-refractivity contribution in [3.63, 3.8) is 0 Å². The normalized spacial score (nSPS) is 15.5. The summed E-state index contributed by atoms with van der Waals surface area (Å²) in [6, 6.07) is 17.3. The fourth-order valence-electron chi connectivity index (χ4n) is 5.17. The Morgan fingerprint density at radius 1 is 0.917 bits per heavy atom. The maximum atomic E-state index is 13.7. The van der Waals surface area contributed by atoms with E-state index in [1.54, 1.807) is 4.90 Å². The fourth-order valence-corrected chi connectivity index (χ4v) is 5.17. The quantitative estimate of drug-likeness (QED) is 0.323. The van der Waals surface area contributed by atoms with E-state index in [2.05, 4.69) is 56.3 Å². The van der Waals surface area contributed by atoms with Gasteiger partial charge in [0.2, 0.25) is 0 Å². The van der Waals surface area contributed by atoms with E-state index in [0.29, 0.717) is 38.1 Å². The lowest BCUT2D eigenvalue weighted by atomic mass is 9.69. The Hall–Kier alpha value is -2.62. The number of hydrogen-bond acceptors (Lipinski definition) is 3. The molecule has 3 rings (SSSR count). The number of unbranched alkanes of at least 4 members (excludes halogenated alkanes) is 2. The van der Waals surface area contributed by atoms with Gasteiger partial charge in [-0.05, 0) is 94.9 Å². The number of carbonyl (C=O) groups is 2. The number of carbonyl (C=O) groups excluding carboxylic acids is 2. The molecule has 1 amide bonds. The number of likely N-dealkylation sites (tertiary alicyclic amines) is 1. The maximum Gasteiger partial charge on any atom is 0.410 e. The summed E-state index contributed by atoms with van der Waals surface area (Å²) in [5, 5.41) is 0. The summed E-state index contributed by atoms with van der Waals surface area (Å²) < 4.78 is 5.59. The van der Waals surface area contributed by atoms with Crippen LogP contribution >= 0.6 is 0 Å². The van der Waals surface area contributed by atoms with Crippen LogP contribution in [-0.2, 0) is 28.8 Å². The highest BCUT2D eigenvalue weighted by Crippen LogP contribution is 2.39. The zero-order valence-electron chi connectivity index (χ0n) is 23.1. The standard InChI is InChI=1S/C32H45NO3/c1-6-26-16-18-27(19-17-26)13-8-7-9-15-29(34)32(24-28-14-11-10-12-25(28)2)20-22-33(23-21-32)30(35)36-31(3,4)5/h10-12,14,16-19H,6-9,13,15,20-24H2,1-5H3. The van der Waals surface area contributed by atoms with Gasteiger partial charge in [-0.15, -0.1) is 0 Å². The molecule has 4 heteroatoms. The second-order valence-electron chi connectivity index (χ2n) is 11.5. The molecule has 0 aromatic heterocycles. The zero-order chi connectivity index (χ0) is 26.2. The van der Waals surface area contributed by atoms with Crippen molar-refractivity contribution in [2.24, 2.45) is 5.41 Å². The highest BCUT2D eigenvalue weighted by molar-refractivity contribution is 5.85. The van der Waals surface area contributed by atoms with Crippen LogP contribution in [0.25, 0.3) is 0 Å². The molecule has 36 heavy (non-hydrogen) atoms. The van der Waals surface area contributed by atoms with Crippen LogP contribution in [0.2, 0.25) is 0 Å². The SMILES string of the molecule is CCc1ccc(CCCCCC(=O)C2(Cc3ccccc3C)CCN(C(=O)OC(C)(C)C)CC2)cc1. The second-order valence-corrected chi connectivity index (χ2v) is 11.5.